The number of aryl methyl sites for hydroxylation is 3. The second-order valence-corrected chi connectivity index (χ2v) is 3.51. The maximum atomic E-state index is 10.9. The quantitative estimate of drug-likeness (QED) is 0.761. The van der Waals surface area contributed by atoms with E-state index in [1.165, 1.54) is 0 Å². The van der Waals surface area contributed by atoms with Gasteiger partial charge in [0.2, 0.25) is 0 Å². The van der Waals surface area contributed by atoms with Crippen molar-refractivity contribution in [2.75, 3.05) is 0 Å². The molecule has 5 heteroatoms. The van der Waals surface area contributed by atoms with Gasteiger partial charge in [-0.25, -0.2) is 9.78 Å². The van der Waals surface area contributed by atoms with Crippen molar-refractivity contribution in [1.29, 1.82) is 0 Å². The van der Waals surface area contributed by atoms with Gasteiger partial charge in [0, 0.05) is 12.4 Å². The maximum Gasteiger partial charge on any atom is 0.337 e. The molecule has 0 aliphatic heterocycles. The first-order chi connectivity index (χ1) is 7.00. The predicted octanol–water partition coefficient (Wildman–Crippen LogP) is 1.28. The Hall–Kier alpha value is -1.91. The Bertz CT molecular complexity index is 557. The highest BCUT2D eigenvalue weighted by molar-refractivity contribution is 5.93. The van der Waals surface area contributed by atoms with Crippen LogP contribution >= 0.6 is 0 Å². The molecule has 0 aliphatic carbocycles. The summed E-state index contributed by atoms with van der Waals surface area (Å²) < 4.78 is 1.66. The van der Waals surface area contributed by atoms with Crippen molar-refractivity contribution in [3.8, 4) is 0 Å². The molecule has 15 heavy (non-hydrogen) atoms. The van der Waals surface area contributed by atoms with Crippen molar-refractivity contribution in [1.82, 2.24) is 14.8 Å². The highest BCUT2D eigenvalue weighted by Crippen LogP contribution is 2.18. The molecule has 0 unspecified atom stereocenters. The highest BCUT2D eigenvalue weighted by Gasteiger charge is 2.13. The zero-order valence-electron chi connectivity index (χ0n) is 8.77. The summed E-state index contributed by atoms with van der Waals surface area (Å²) in [5.41, 5.74) is 2.26. The van der Waals surface area contributed by atoms with Gasteiger partial charge in [0.25, 0.3) is 0 Å². The summed E-state index contributed by atoms with van der Waals surface area (Å²) in [5.74, 6) is -0.954. The highest BCUT2D eigenvalue weighted by atomic mass is 16.4. The van der Waals surface area contributed by atoms with Crippen LogP contribution < -0.4 is 0 Å². The van der Waals surface area contributed by atoms with Crippen LogP contribution in [-0.4, -0.2) is 25.8 Å². The molecule has 0 saturated heterocycles. The number of carboxylic acid groups (broad SMARTS) is 1. The summed E-state index contributed by atoms with van der Waals surface area (Å²) in [4.78, 5) is 15.2. The van der Waals surface area contributed by atoms with E-state index in [2.05, 4.69) is 10.1 Å². The lowest BCUT2D eigenvalue weighted by molar-refractivity contribution is 0.0696. The fraction of sp³-hybridized carbons (Fsp3) is 0.300. The molecule has 2 aromatic rings. The number of fused-ring (bicyclic) bond motifs is 1. The van der Waals surface area contributed by atoms with Crippen molar-refractivity contribution >= 4 is 17.0 Å². The molecule has 0 aliphatic rings. The SMILES string of the molecule is Cc1nc2c(cc1C(=O)O)c(C)nn2C. The average molecular weight is 205 g/mol. The van der Waals surface area contributed by atoms with Crippen LogP contribution in [0.25, 0.3) is 11.0 Å². The third-order valence-electron chi connectivity index (χ3n) is 2.42. The molecule has 0 atom stereocenters. The number of nitrogens with zero attached hydrogens (tertiary/aromatic N) is 3. The van der Waals surface area contributed by atoms with Crippen LogP contribution in [0.15, 0.2) is 6.07 Å². The van der Waals surface area contributed by atoms with E-state index in [-0.39, 0.29) is 5.56 Å². The van der Waals surface area contributed by atoms with E-state index in [0.717, 1.165) is 16.7 Å². The lowest BCUT2D eigenvalue weighted by atomic mass is 10.1. The Morgan fingerprint density at radius 2 is 2.07 bits per heavy atom. The van der Waals surface area contributed by atoms with Crippen molar-refractivity contribution in [3.63, 3.8) is 0 Å². The van der Waals surface area contributed by atoms with Crippen LogP contribution in [-0.2, 0) is 7.05 Å². The molecule has 2 aromatic heterocycles. The van der Waals surface area contributed by atoms with Gasteiger partial charge in [-0.3, -0.25) is 4.68 Å². The van der Waals surface area contributed by atoms with Gasteiger partial charge in [-0.2, -0.15) is 5.10 Å². The number of carbonyl (C=O) groups is 1. The molecule has 0 radical (unpaired) electrons. The number of pyridine rings is 1. The van der Waals surface area contributed by atoms with Crippen LogP contribution in [0.2, 0.25) is 0 Å². The molecule has 1 N–H and O–H groups in total. The van der Waals surface area contributed by atoms with E-state index >= 15 is 0 Å². The van der Waals surface area contributed by atoms with Gasteiger partial charge in [-0.15, -0.1) is 0 Å². The van der Waals surface area contributed by atoms with Crippen LogP contribution in [0, 0.1) is 13.8 Å². The Labute approximate surface area is 86.4 Å². The first kappa shape index (κ1) is 9.64. The van der Waals surface area contributed by atoms with E-state index < -0.39 is 5.97 Å². The van der Waals surface area contributed by atoms with Crippen LogP contribution in [0.4, 0.5) is 0 Å². The Morgan fingerprint density at radius 1 is 1.40 bits per heavy atom. The Morgan fingerprint density at radius 3 is 2.67 bits per heavy atom. The molecule has 2 heterocycles. The third-order valence-corrected chi connectivity index (χ3v) is 2.42. The molecular formula is C10H11N3O2. The van der Waals surface area contributed by atoms with Gasteiger partial charge < -0.3 is 5.11 Å². The minimum Gasteiger partial charge on any atom is -0.478 e. The molecule has 0 saturated carbocycles. The van der Waals surface area contributed by atoms with E-state index in [1.54, 1.807) is 24.7 Å². The summed E-state index contributed by atoms with van der Waals surface area (Å²) in [7, 11) is 1.79. The van der Waals surface area contributed by atoms with Crippen molar-refractivity contribution < 1.29 is 9.90 Å². The summed E-state index contributed by atoms with van der Waals surface area (Å²) in [5, 5.41) is 13.9. The van der Waals surface area contributed by atoms with Crippen molar-refractivity contribution in [3.05, 3.63) is 23.0 Å². The zero-order valence-corrected chi connectivity index (χ0v) is 8.77. The van der Waals surface area contributed by atoms with Gasteiger partial charge in [-0.05, 0) is 19.9 Å². The largest absolute Gasteiger partial charge is 0.478 e. The van der Waals surface area contributed by atoms with Crippen LogP contribution in [0.1, 0.15) is 21.7 Å². The first-order valence-electron chi connectivity index (χ1n) is 4.55. The number of carboxylic acids is 1. The van der Waals surface area contributed by atoms with E-state index in [0.29, 0.717) is 5.69 Å². The first-order valence-corrected chi connectivity index (χ1v) is 4.55. The molecule has 0 spiro atoms. The Balaban J connectivity index is 2.85. The number of hydrogen-bond acceptors (Lipinski definition) is 3. The van der Waals surface area contributed by atoms with Gasteiger partial charge in [-0.1, -0.05) is 0 Å². The normalized spacial score (nSPS) is 10.9. The second-order valence-electron chi connectivity index (χ2n) is 3.51. The molecular weight excluding hydrogens is 194 g/mol. The van der Waals surface area contributed by atoms with E-state index in [1.807, 2.05) is 6.92 Å². The van der Waals surface area contributed by atoms with Gasteiger partial charge in [0.05, 0.1) is 17.0 Å². The van der Waals surface area contributed by atoms with Crippen LogP contribution in [0.3, 0.4) is 0 Å². The molecule has 0 aromatic carbocycles. The average Bonchev–Trinajstić information content (AvgIpc) is 2.41. The predicted molar refractivity (Wildman–Crippen MR) is 54.9 cm³/mol. The summed E-state index contributed by atoms with van der Waals surface area (Å²) in [6, 6.07) is 1.63. The fourth-order valence-electron chi connectivity index (χ4n) is 1.65. The smallest absolute Gasteiger partial charge is 0.337 e. The zero-order chi connectivity index (χ0) is 11.2. The lowest BCUT2D eigenvalue weighted by Gasteiger charge is -2.00. The monoisotopic (exact) mass is 205 g/mol. The fourth-order valence-corrected chi connectivity index (χ4v) is 1.65. The maximum absolute atomic E-state index is 10.9. The standard InChI is InChI=1S/C10H11N3O2/c1-5-8(10(14)15)4-7-6(2)12-13(3)9(7)11-5/h4H,1-3H3,(H,14,15). The topological polar surface area (TPSA) is 68.0 Å². The Kier molecular flexibility index (Phi) is 1.96. The van der Waals surface area contributed by atoms with Crippen molar-refractivity contribution in [2.24, 2.45) is 7.05 Å². The van der Waals surface area contributed by atoms with Gasteiger partial charge >= 0.3 is 5.97 Å². The van der Waals surface area contributed by atoms with E-state index in [9.17, 15) is 4.79 Å². The minimum absolute atomic E-state index is 0.235. The number of aromatic carboxylic acids is 1. The lowest BCUT2D eigenvalue weighted by Crippen LogP contribution is -2.02. The number of aromatic nitrogens is 3. The van der Waals surface area contributed by atoms with Crippen molar-refractivity contribution in [2.45, 2.75) is 13.8 Å². The number of hydrogen-bond donors (Lipinski definition) is 1. The molecule has 0 fully saturated rings. The molecule has 2 rings (SSSR count). The van der Waals surface area contributed by atoms with Gasteiger partial charge in [0.1, 0.15) is 0 Å². The summed E-state index contributed by atoms with van der Waals surface area (Å²) in [6.07, 6.45) is 0. The molecule has 78 valence electrons. The molecule has 5 nitrogen and oxygen atoms in total. The summed E-state index contributed by atoms with van der Waals surface area (Å²) >= 11 is 0. The minimum atomic E-state index is -0.954. The van der Waals surface area contributed by atoms with Gasteiger partial charge in [0.15, 0.2) is 5.65 Å². The molecule has 0 amide bonds. The summed E-state index contributed by atoms with van der Waals surface area (Å²) in [6.45, 7) is 3.52. The van der Waals surface area contributed by atoms with E-state index in [4.69, 9.17) is 5.11 Å². The number of rotatable bonds is 1. The second kappa shape index (κ2) is 3.05. The molecule has 0 bridgehead atoms. The van der Waals surface area contributed by atoms with Crippen LogP contribution in [0.5, 0.6) is 0 Å². The third kappa shape index (κ3) is 1.36.